The summed E-state index contributed by atoms with van der Waals surface area (Å²) in [6.45, 7) is 4.37. The first-order valence-corrected chi connectivity index (χ1v) is 6.36. The van der Waals surface area contributed by atoms with Crippen LogP contribution in [0, 0.1) is 6.92 Å². The van der Waals surface area contributed by atoms with Crippen LogP contribution in [0.5, 0.6) is 0 Å². The van der Waals surface area contributed by atoms with Gasteiger partial charge in [-0.3, -0.25) is 0 Å². The zero-order valence-corrected chi connectivity index (χ0v) is 11.1. The molecule has 0 radical (unpaired) electrons. The van der Waals surface area contributed by atoms with Gasteiger partial charge in [-0.1, -0.05) is 67.1 Å². The first-order valence-electron chi connectivity index (χ1n) is 6.36. The Morgan fingerprint density at radius 1 is 1.00 bits per heavy atom. The van der Waals surface area contributed by atoms with Crippen LogP contribution in [0.2, 0.25) is 0 Å². The van der Waals surface area contributed by atoms with Crippen LogP contribution in [0.1, 0.15) is 23.6 Å². The quantitative estimate of drug-likeness (QED) is 0.867. The molecule has 1 N–H and O–H groups in total. The summed E-state index contributed by atoms with van der Waals surface area (Å²) >= 11 is 0. The third-order valence-electron chi connectivity index (χ3n) is 3.50. The Kier molecular flexibility index (Phi) is 3.83. The molecule has 0 saturated heterocycles. The average molecular weight is 240 g/mol. The van der Waals surface area contributed by atoms with E-state index >= 15 is 0 Å². The van der Waals surface area contributed by atoms with E-state index < -0.39 is 0 Å². The maximum atomic E-state index is 9.77. The molecular weight excluding hydrogens is 220 g/mol. The van der Waals surface area contributed by atoms with Gasteiger partial charge < -0.3 is 5.11 Å². The van der Waals surface area contributed by atoms with Crippen molar-refractivity contribution in [2.45, 2.75) is 25.7 Å². The molecule has 0 aliphatic carbocycles. The van der Waals surface area contributed by atoms with Crippen molar-refractivity contribution in [3.05, 3.63) is 71.3 Å². The fraction of sp³-hybridized carbons (Fsp3) is 0.294. The van der Waals surface area contributed by atoms with E-state index in [-0.39, 0.29) is 12.0 Å². The summed E-state index contributed by atoms with van der Waals surface area (Å²) in [5.74, 6) is 0. The number of aryl methyl sites for hydroxylation is 1. The van der Waals surface area contributed by atoms with Gasteiger partial charge in [0.15, 0.2) is 0 Å². The minimum absolute atomic E-state index is 0.158. The number of hydrogen-bond donors (Lipinski definition) is 1. The molecule has 0 aliphatic rings. The third kappa shape index (κ3) is 2.80. The lowest BCUT2D eigenvalue weighted by Crippen LogP contribution is -2.29. The minimum Gasteiger partial charge on any atom is -0.395 e. The van der Waals surface area contributed by atoms with Crippen molar-refractivity contribution >= 4 is 0 Å². The SMILES string of the molecule is Cc1cccc(CC(C)(CO)c2ccccc2)c1. The Morgan fingerprint density at radius 3 is 2.33 bits per heavy atom. The van der Waals surface area contributed by atoms with E-state index in [0.717, 1.165) is 6.42 Å². The number of aliphatic hydroxyl groups is 1. The molecule has 18 heavy (non-hydrogen) atoms. The van der Waals surface area contributed by atoms with Crippen LogP contribution in [0.15, 0.2) is 54.6 Å². The molecule has 0 fully saturated rings. The molecule has 0 aliphatic heterocycles. The zero-order chi connectivity index (χ0) is 13.0. The summed E-state index contributed by atoms with van der Waals surface area (Å²) < 4.78 is 0. The van der Waals surface area contributed by atoms with Gasteiger partial charge >= 0.3 is 0 Å². The molecule has 0 heterocycles. The van der Waals surface area contributed by atoms with Crippen LogP contribution in [0.4, 0.5) is 0 Å². The Hall–Kier alpha value is -1.60. The second-order valence-electron chi connectivity index (χ2n) is 5.25. The van der Waals surface area contributed by atoms with E-state index in [4.69, 9.17) is 0 Å². The van der Waals surface area contributed by atoms with Crippen molar-refractivity contribution in [2.75, 3.05) is 6.61 Å². The first-order chi connectivity index (χ1) is 8.64. The summed E-state index contributed by atoms with van der Waals surface area (Å²) in [5.41, 5.74) is 3.51. The Balaban J connectivity index is 2.29. The van der Waals surface area contributed by atoms with Crippen LogP contribution in [0.25, 0.3) is 0 Å². The highest BCUT2D eigenvalue weighted by Crippen LogP contribution is 2.27. The van der Waals surface area contributed by atoms with E-state index in [2.05, 4.69) is 50.2 Å². The molecule has 1 nitrogen and oxygen atoms in total. The standard InChI is InChI=1S/C17H20O/c1-14-7-6-8-15(11-14)12-17(2,13-18)16-9-4-3-5-10-16/h3-11,18H,12-13H2,1-2H3. The molecule has 0 spiro atoms. The molecule has 1 unspecified atom stereocenters. The molecule has 0 aromatic heterocycles. The van der Waals surface area contributed by atoms with Gasteiger partial charge in [0.1, 0.15) is 0 Å². The van der Waals surface area contributed by atoms with Gasteiger partial charge in [-0.15, -0.1) is 0 Å². The van der Waals surface area contributed by atoms with E-state index in [9.17, 15) is 5.11 Å². The molecular formula is C17H20O. The zero-order valence-electron chi connectivity index (χ0n) is 11.1. The normalized spacial score (nSPS) is 14.2. The Morgan fingerprint density at radius 2 is 1.72 bits per heavy atom. The van der Waals surface area contributed by atoms with Crippen LogP contribution in [0.3, 0.4) is 0 Å². The maximum absolute atomic E-state index is 9.77. The highest BCUT2D eigenvalue weighted by atomic mass is 16.3. The lowest BCUT2D eigenvalue weighted by molar-refractivity contribution is 0.204. The van der Waals surface area contributed by atoms with Gasteiger partial charge in [0, 0.05) is 5.41 Å². The van der Waals surface area contributed by atoms with Crippen molar-refractivity contribution in [1.82, 2.24) is 0 Å². The van der Waals surface area contributed by atoms with Crippen molar-refractivity contribution < 1.29 is 5.11 Å². The molecule has 1 atom stereocenters. The summed E-state index contributed by atoms with van der Waals surface area (Å²) in [4.78, 5) is 0. The highest BCUT2D eigenvalue weighted by molar-refractivity contribution is 5.30. The Labute approximate surface area is 109 Å². The largest absolute Gasteiger partial charge is 0.395 e. The van der Waals surface area contributed by atoms with Crippen molar-refractivity contribution in [3.8, 4) is 0 Å². The first kappa shape index (κ1) is 12.8. The fourth-order valence-corrected chi connectivity index (χ4v) is 2.36. The summed E-state index contributed by atoms with van der Waals surface area (Å²) in [6.07, 6.45) is 0.856. The van der Waals surface area contributed by atoms with Gasteiger partial charge in [-0.2, -0.15) is 0 Å². The van der Waals surface area contributed by atoms with E-state index in [1.54, 1.807) is 0 Å². The summed E-state index contributed by atoms with van der Waals surface area (Å²) in [7, 11) is 0. The third-order valence-corrected chi connectivity index (χ3v) is 3.50. The highest BCUT2D eigenvalue weighted by Gasteiger charge is 2.25. The van der Waals surface area contributed by atoms with Crippen LogP contribution in [-0.2, 0) is 11.8 Å². The predicted molar refractivity (Wildman–Crippen MR) is 75.8 cm³/mol. The summed E-state index contributed by atoms with van der Waals surface area (Å²) in [5, 5.41) is 9.77. The molecule has 2 rings (SSSR count). The lowest BCUT2D eigenvalue weighted by Gasteiger charge is -2.28. The number of benzene rings is 2. The average Bonchev–Trinajstić information content (AvgIpc) is 2.39. The van der Waals surface area contributed by atoms with Crippen molar-refractivity contribution in [1.29, 1.82) is 0 Å². The Bertz CT molecular complexity index is 504. The molecule has 1 heteroatoms. The van der Waals surface area contributed by atoms with E-state index in [0.29, 0.717) is 0 Å². The molecule has 94 valence electrons. The van der Waals surface area contributed by atoms with E-state index in [1.807, 2.05) is 18.2 Å². The fourth-order valence-electron chi connectivity index (χ4n) is 2.36. The topological polar surface area (TPSA) is 20.2 Å². The molecule has 0 amide bonds. The number of hydrogen-bond acceptors (Lipinski definition) is 1. The second-order valence-corrected chi connectivity index (χ2v) is 5.25. The van der Waals surface area contributed by atoms with E-state index in [1.165, 1.54) is 16.7 Å². The number of aliphatic hydroxyl groups excluding tert-OH is 1. The van der Waals surface area contributed by atoms with Gasteiger partial charge in [0.25, 0.3) is 0 Å². The minimum atomic E-state index is -0.213. The summed E-state index contributed by atoms with van der Waals surface area (Å²) in [6, 6.07) is 18.7. The molecule has 2 aromatic rings. The van der Waals surface area contributed by atoms with Crippen molar-refractivity contribution in [3.63, 3.8) is 0 Å². The van der Waals surface area contributed by atoms with Gasteiger partial charge in [0.05, 0.1) is 6.61 Å². The number of rotatable bonds is 4. The van der Waals surface area contributed by atoms with Gasteiger partial charge in [0.2, 0.25) is 0 Å². The lowest BCUT2D eigenvalue weighted by atomic mass is 9.78. The molecule has 0 bridgehead atoms. The van der Waals surface area contributed by atoms with Gasteiger partial charge in [-0.05, 0) is 24.5 Å². The van der Waals surface area contributed by atoms with Gasteiger partial charge in [-0.25, -0.2) is 0 Å². The van der Waals surface area contributed by atoms with Crippen LogP contribution < -0.4 is 0 Å². The monoisotopic (exact) mass is 240 g/mol. The molecule has 0 saturated carbocycles. The van der Waals surface area contributed by atoms with Crippen molar-refractivity contribution in [2.24, 2.45) is 0 Å². The maximum Gasteiger partial charge on any atom is 0.0528 e. The predicted octanol–water partition coefficient (Wildman–Crippen LogP) is 3.49. The van der Waals surface area contributed by atoms with Crippen LogP contribution in [-0.4, -0.2) is 11.7 Å². The molecule has 2 aromatic carbocycles. The smallest absolute Gasteiger partial charge is 0.0528 e. The second kappa shape index (κ2) is 5.36. The van der Waals surface area contributed by atoms with Crippen LogP contribution >= 0.6 is 0 Å².